The van der Waals surface area contributed by atoms with E-state index in [0.717, 1.165) is 52.0 Å². The molecule has 0 saturated heterocycles. The molecule has 3 heterocycles. The number of ether oxygens (including phenoxy) is 1. The van der Waals surface area contributed by atoms with Gasteiger partial charge in [0.1, 0.15) is 5.82 Å². The summed E-state index contributed by atoms with van der Waals surface area (Å²) in [7, 11) is 1.64. The second-order valence-corrected chi connectivity index (χ2v) is 12.9. The van der Waals surface area contributed by atoms with Crippen LogP contribution >= 0.6 is 23.2 Å². The summed E-state index contributed by atoms with van der Waals surface area (Å²) in [5, 5.41) is 12.4. The SMILES string of the molecule is C/C=C(\NCC(c1cccc(F)c1)c1cc(C(C)CN=O)c(C)c(-c2cccc(Cl)c2Cl)n1)c1cc(OC)n2nc(C3CC3)cc2c1. The topological polar surface area (TPSA) is 80.9 Å². The number of fused-ring (bicyclic) bond motifs is 1. The molecule has 2 atom stereocenters. The van der Waals surface area contributed by atoms with Crippen LogP contribution in [-0.2, 0) is 0 Å². The lowest BCUT2D eigenvalue weighted by molar-refractivity contribution is 0.385. The summed E-state index contributed by atoms with van der Waals surface area (Å²) in [6, 6.07) is 20.2. The predicted octanol–water partition coefficient (Wildman–Crippen LogP) is 9.69. The number of rotatable bonds is 12. The molecule has 1 aliphatic rings. The molecule has 242 valence electrons. The van der Waals surface area contributed by atoms with Crippen molar-refractivity contribution >= 4 is 34.4 Å². The minimum absolute atomic E-state index is 0.0972. The first-order valence-electron chi connectivity index (χ1n) is 15.7. The van der Waals surface area contributed by atoms with Gasteiger partial charge in [-0.15, -0.1) is 0 Å². The number of allylic oxidation sites excluding steroid dienone is 1. The molecule has 1 N–H and O–H groups in total. The highest BCUT2D eigenvalue weighted by Gasteiger charge is 2.27. The van der Waals surface area contributed by atoms with Crippen LogP contribution in [0.2, 0.25) is 10.0 Å². The molecule has 2 aromatic carbocycles. The first-order chi connectivity index (χ1) is 22.7. The Morgan fingerprint density at radius 1 is 1.15 bits per heavy atom. The second kappa shape index (κ2) is 13.8. The van der Waals surface area contributed by atoms with E-state index in [-0.39, 0.29) is 24.2 Å². The van der Waals surface area contributed by atoms with Gasteiger partial charge < -0.3 is 10.1 Å². The van der Waals surface area contributed by atoms with Gasteiger partial charge in [-0.1, -0.05) is 65.6 Å². The van der Waals surface area contributed by atoms with Crippen LogP contribution in [0.5, 0.6) is 5.88 Å². The van der Waals surface area contributed by atoms with Gasteiger partial charge in [0.15, 0.2) is 0 Å². The summed E-state index contributed by atoms with van der Waals surface area (Å²) in [5.41, 5.74) is 8.41. The maximum Gasteiger partial charge on any atom is 0.215 e. The van der Waals surface area contributed by atoms with E-state index in [2.05, 4.69) is 22.6 Å². The van der Waals surface area contributed by atoms with Crippen molar-refractivity contribution in [3.8, 4) is 17.1 Å². The fourth-order valence-corrected chi connectivity index (χ4v) is 6.56. The van der Waals surface area contributed by atoms with Crippen molar-refractivity contribution in [2.24, 2.45) is 5.18 Å². The van der Waals surface area contributed by atoms with Crippen LogP contribution < -0.4 is 10.1 Å². The largest absolute Gasteiger partial charge is 0.481 e. The van der Waals surface area contributed by atoms with Gasteiger partial charge in [0, 0.05) is 47.2 Å². The smallest absolute Gasteiger partial charge is 0.215 e. The van der Waals surface area contributed by atoms with E-state index >= 15 is 0 Å². The molecule has 6 rings (SSSR count). The molecule has 0 bridgehead atoms. The average Bonchev–Trinajstić information content (AvgIpc) is 3.83. The minimum atomic E-state index is -0.379. The Morgan fingerprint density at radius 3 is 2.64 bits per heavy atom. The Balaban J connectivity index is 1.43. The van der Waals surface area contributed by atoms with Gasteiger partial charge in [-0.3, -0.25) is 4.98 Å². The van der Waals surface area contributed by atoms with Crippen LogP contribution in [0, 0.1) is 17.6 Å². The number of nitrogens with zero attached hydrogens (tertiary/aromatic N) is 4. The van der Waals surface area contributed by atoms with Crippen molar-refractivity contribution in [1.29, 1.82) is 0 Å². The molecule has 7 nitrogen and oxygen atoms in total. The molecule has 1 aliphatic carbocycles. The zero-order valence-electron chi connectivity index (χ0n) is 26.7. The van der Waals surface area contributed by atoms with E-state index in [1.165, 1.54) is 12.1 Å². The van der Waals surface area contributed by atoms with Crippen LogP contribution in [0.4, 0.5) is 4.39 Å². The highest BCUT2D eigenvalue weighted by Crippen LogP contribution is 2.41. The number of hydrogen-bond donors (Lipinski definition) is 1. The van der Waals surface area contributed by atoms with Gasteiger partial charge in [-0.2, -0.15) is 10.0 Å². The summed E-state index contributed by atoms with van der Waals surface area (Å²) in [5.74, 6) is 0.240. The number of nitroso groups, excluding NO2 is 1. The molecule has 2 unspecified atom stereocenters. The normalized spacial score (nSPS) is 14.7. The van der Waals surface area contributed by atoms with E-state index in [4.69, 9.17) is 38.0 Å². The van der Waals surface area contributed by atoms with Crippen molar-refractivity contribution < 1.29 is 9.13 Å². The number of pyridine rings is 2. The summed E-state index contributed by atoms with van der Waals surface area (Å²) < 4.78 is 22.3. The van der Waals surface area contributed by atoms with E-state index in [9.17, 15) is 9.30 Å². The van der Waals surface area contributed by atoms with Crippen LogP contribution in [-0.4, -0.2) is 34.8 Å². The molecule has 0 spiro atoms. The molecule has 10 heteroatoms. The Bertz CT molecular complexity index is 1990. The molecule has 1 saturated carbocycles. The maximum atomic E-state index is 14.7. The van der Waals surface area contributed by atoms with Crippen molar-refractivity contribution in [2.75, 3.05) is 20.2 Å². The van der Waals surface area contributed by atoms with Crippen LogP contribution in [0.1, 0.15) is 78.1 Å². The van der Waals surface area contributed by atoms with Crippen LogP contribution in [0.25, 0.3) is 22.5 Å². The number of methoxy groups -OCH3 is 1. The van der Waals surface area contributed by atoms with Gasteiger partial charge in [0.25, 0.3) is 0 Å². The molecule has 47 heavy (non-hydrogen) atoms. The third-order valence-electron chi connectivity index (χ3n) is 8.87. The molecular formula is C37H36Cl2FN5O2. The highest BCUT2D eigenvalue weighted by molar-refractivity contribution is 6.43. The van der Waals surface area contributed by atoms with E-state index in [1.807, 2.05) is 61.7 Å². The van der Waals surface area contributed by atoms with Crippen molar-refractivity contribution in [3.63, 3.8) is 0 Å². The van der Waals surface area contributed by atoms with E-state index in [1.54, 1.807) is 19.2 Å². The lowest BCUT2D eigenvalue weighted by Crippen LogP contribution is -2.23. The van der Waals surface area contributed by atoms with Gasteiger partial charge in [0.05, 0.1) is 46.3 Å². The van der Waals surface area contributed by atoms with Gasteiger partial charge >= 0.3 is 0 Å². The zero-order chi connectivity index (χ0) is 33.2. The third kappa shape index (κ3) is 6.76. The summed E-state index contributed by atoms with van der Waals surface area (Å²) >= 11 is 13.1. The van der Waals surface area contributed by atoms with Crippen LogP contribution in [0.15, 0.2) is 78.0 Å². The average molecular weight is 673 g/mol. The monoisotopic (exact) mass is 671 g/mol. The molecule has 0 radical (unpaired) electrons. The number of nitrogens with one attached hydrogen (secondary N) is 1. The molecule has 3 aromatic heterocycles. The zero-order valence-corrected chi connectivity index (χ0v) is 28.2. The molecule has 0 aliphatic heterocycles. The standard InChI is InChI=1S/C37H36Cl2FN5O2/c1-5-32(25-15-27-17-33(23-12-13-23)44-45(27)35(16-25)47-4)41-20-30(24-8-6-9-26(40)14-24)34-18-29(21(2)19-42-46)22(3)37(43-34)28-10-7-11-31(38)36(28)39/h5-11,14-18,21,23,30,41H,12-13,19-20H2,1-4H3/b32-5-. The van der Waals surface area contributed by atoms with Crippen molar-refractivity contribution in [3.05, 3.63) is 127 Å². The van der Waals surface area contributed by atoms with Crippen LogP contribution in [0.3, 0.4) is 0 Å². The Labute approximate surface area is 283 Å². The minimum Gasteiger partial charge on any atom is -0.481 e. The van der Waals surface area contributed by atoms with E-state index < -0.39 is 0 Å². The first-order valence-corrected chi connectivity index (χ1v) is 16.5. The molecule has 5 aromatic rings. The number of hydrogen-bond acceptors (Lipinski definition) is 6. The number of benzene rings is 2. The summed E-state index contributed by atoms with van der Waals surface area (Å²) in [6.07, 6.45) is 4.33. The third-order valence-corrected chi connectivity index (χ3v) is 9.69. The molecular weight excluding hydrogens is 636 g/mol. The quantitative estimate of drug-likeness (QED) is 0.134. The fourth-order valence-electron chi connectivity index (χ4n) is 6.17. The summed E-state index contributed by atoms with van der Waals surface area (Å²) in [4.78, 5) is 16.5. The van der Waals surface area contributed by atoms with E-state index in [0.29, 0.717) is 45.3 Å². The predicted molar refractivity (Wildman–Crippen MR) is 187 cm³/mol. The van der Waals surface area contributed by atoms with Crippen molar-refractivity contribution in [2.45, 2.75) is 51.4 Å². The second-order valence-electron chi connectivity index (χ2n) is 12.1. The van der Waals surface area contributed by atoms with Gasteiger partial charge in [-0.25, -0.2) is 8.91 Å². The van der Waals surface area contributed by atoms with Gasteiger partial charge in [-0.05, 0) is 79.8 Å². The Kier molecular flexibility index (Phi) is 9.62. The Morgan fingerprint density at radius 2 is 1.94 bits per heavy atom. The first kappa shape index (κ1) is 32.7. The highest BCUT2D eigenvalue weighted by atomic mass is 35.5. The van der Waals surface area contributed by atoms with Crippen molar-refractivity contribution in [1.82, 2.24) is 19.9 Å². The summed E-state index contributed by atoms with van der Waals surface area (Å²) in [6.45, 7) is 6.38. The molecule has 1 fully saturated rings. The lowest BCUT2D eigenvalue weighted by atomic mass is 9.88. The number of aromatic nitrogens is 3. The maximum absolute atomic E-state index is 14.7. The molecule has 0 amide bonds. The fraction of sp³-hybridized carbons (Fsp3) is 0.297. The Hall–Kier alpha value is -4.27. The lowest BCUT2D eigenvalue weighted by Gasteiger charge is -2.24. The number of halogens is 3. The van der Waals surface area contributed by atoms with Gasteiger partial charge in [0.2, 0.25) is 5.88 Å².